The van der Waals surface area contributed by atoms with Gasteiger partial charge in [0.25, 0.3) is 0 Å². The zero-order chi connectivity index (χ0) is 12.4. The van der Waals surface area contributed by atoms with Gasteiger partial charge in [0.05, 0.1) is 16.5 Å². The average Bonchev–Trinajstić information content (AvgIpc) is 3.06. The molecule has 0 saturated heterocycles. The molecule has 0 amide bonds. The van der Waals surface area contributed by atoms with Gasteiger partial charge in [0.1, 0.15) is 0 Å². The quantitative estimate of drug-likeness (QED) is 0.629. The average molecular weight is 234 g/mol. The van der Waals surface area contributed by atoms with Crippen molar-refractivity contribution in [2.24, 2.45) is 5.92 Å². The van der Waals surface area contributed by atoms with Crippen LogP contribution in [0, 0.1) is 16.0 Å². The number of aromatic nitrogens is 1. The smallest absolute Gasteiger partial charge is 0.307 e. The minimum Gasteiger partial charge on any atom is -0.481 e. The number of nitrogens with zero attached hydrogens (tertiary/aromatic N) is 2. The lowest BCUT2D eigenvalue weighted by Crippen LogP contribution is -2.00. The van der Waals surface area contributed by atoms with Gasteiger partial charge in [-0.1, -0.05) is 6.07 Å². The SMILES string of the molecule is O=C(O)C1CC1c1cccc(C=C[N+](=O)[O-])n1. The normalized spacial score (nSPS) is 22.6. The Morgan fingerprint density at radius 3 is 2.94 bits per heavy atom. The van der Waals surface area contributed by atoms with Gasteiger partial charge in [-0.3, -0.25) is 19.9 Å². The lowest BCUT2D eigenvalue weighted by atomic mass is 10.2. The first kappa shape index (κ1) is 11.3. The summed E-state index contributed by atoms with van der Waals surface area (Å²) in [6.45, 7) is 0. The first-order chi connectivity index (χ1) is 8.08. The van der Waals surface area contributed by atoms with Crippen molar-refractivity contribution in [3.8, 4) is 0 Å². The molecule has 1 heterocycles. The zero-order valence-electron chi connectivity index (χ0n) is 8.81. The molecule has 1 N–H and O–H groups in total. The van der Waals surface area contributed by atoms with E-state index in [-0.39, 0.29) is 11.8 Å². The van der Waals surface area contributed by atoms with E-state index in [1.54, 1.807) is 18.2 Å². The highest BCUT2D eigenvalue weighted by molar-refractivity contribution is 5.75. The molecule has 0 aromatic carbocycles. The van der Waals surface area contributed by atoms with Gasteiger partial charge in [-0.25, -0.2) is 0 Å². The van der Waals surface area contributed by atoms with Crippen LogP contribution in [0.25, 0.3) is 6.08 Å². The Bertz CT molecular complexity index is 498. The number of rotatable bonds is 4. The van der Waals surface area contributed by atoms with Crippen LogP contribution in [-0.2, 0) is 4.79 Å². The fraction of sp³-hybridized carbons (Fsp3) is 0.273. The summed E-state index contributed by atoms with van der Waals surface area (Å²) < 4.78 is 0. The van der Waals surface area contributed by atoms with Gasteiger partial charge in [0, 0.05) is 17.7 Å². The molecule has 1 saturated carbocycles. The van der Waals surface area contributed by atoms with Gasteiger partial charge >= 0.3 is 5.97 Å². The molecule has 0 radical (unpaired) electrons. The van der Waals surface area contributed by atoms with Crippen LogP contribution in [0.4, 0.5) is 0 Å². The van der Waals surface area contributed by atoms with E-state index in [0.717, 1.165) is 6.20 Å². The number of carboxylic acid groups (broad SMARTS) is 1. The Labute approximate surface area is 96.8 Å². The fourth-order valence-corrected chi connectivity index (χ4v) is 1.70. The largest absolute Gasteiger partial charge is 0.481 e. The Hall–Kier alpha value is -2.24. The van der Waals surface area contributed by atoms with Crippen molar-refractivity contribution < 1.29 is 14.8 Å². The van der Waals surface area contributed by atoms with Crippen LogP contribution in [0.15, 0.2) is 24.4 Å². The summed E-state index contributed by atoms with van der Waals surface area (Å²) in [6, 6.07) is 5.11. The molecule has 6 heteroatoms. The Kier molecular flexibility index (Phi) is 2.86. The molecule has 6 nitrogen and oxygen atoms in total. The van der Waals surface area contributed by atoms with Crippen LogP contribution >= 0.6 is 0 Å². The minimum atomic E-state index is -0.817. The Morgan fingerprint density at radius 2 is 2.35 bits per heavy atom. The maximum atomic E-state index is 10.7. The van der Waals surface area contributed by atoms with Gasteiger partial charge in [-0.2, -0.15) is 0 Å². The van der Waals surface area contributed by atoms with Crippen molar-refractivity contribution in [1.29, 1.82) is 0 Å². The van der Waals surface area contributed by atoms with Crippen LogP contribution in [0.3, 0.4) is 0 Å². The monoisotopic (exact) mass is 234 g/mol. The number of nitro groups is 1. The van der Waals surface area contributed by atoms with Crippen LogP contribution in [0.2, 0.25) is 0 Å². The minimum absolute atomic E-state index is 0.0588. The molecule has 1 fully saturated rings. The third kappa shape index (κ3) is 2.66. The molecule has 1 aliphatic carbocycles. The van der Waals surface area contributed by atoms with Crippen LogP contribution < -0.4 is 0 Å². The maximum absolute atomic E-state index is 10.7. The molecule has 2 unspecified atom stereocenters. The standard InChI is InChI=1S/C11H10N2O4/c14-11(15)9-6-8(9)10-3-1-2-7(12-10)4-5-13(16)17/h1-5,8-9H,6H2,(H,14,15). The number of hydrogen-bond acceptors (Lipinski definition) is 4. The molecular formula is C11H10N2O4. The van der Waals surface area contributed by atoms with Crippen molar-refractivity contribution >= 4 is 12.0 Å². The molecule has 1 aromatic heterocycles. The van der Waals surface area contributed by atoms with E-state index in [1.165, 1.54) is 6.08 Å². The number of hydrogen-bond donors (Lipinski definition) is 1. The predicted octanol–water partition coefficient (Wildman–Crippen LogP) is 1.52. The van der Waals surface area contributed by atoms with Crippen molar-refractivity contribution in [2.45, 2.75) is 12.3 Å². The van der Waals surface area contributed by atoms with E-state index in [9.17, 15) is 14.9 Å². The van der Waals surface area contributed by atoms with Crippen molar-refractivity contribution in [3.63, 3.8) is 0 Å². The molecule has 0 aliphatic heterocycles. The Morgan fingerprint density at radius 1 is 1.59 bits per heavy atom. The lowest BCUT2D eigenvalue weighted by Gasteiger charge is -1.98. The number of aliphatic carboxylic acids is 1. The molecule has 2 rings (SSSR count). The molecule has 17 heavy (non-hydrogen) atoms. The van der Waals surface area contributed by atoms with Crippen molar-refractivity contribution in [3.05, 3.63) is 45.9 Å². The van der Waals surface area contributed by atoms with Gasteiger partial charge in [-0.05, 0) is 18.6 Å². The Balaban J connectivity index is 2.13. The van der Waals surface area contributed by atoms with Crippen LogP contribution in [0.5, 0.6) is 0 Å². The van der Waals surface area contributed by atoms with E-state index < -0.39 is 10.9 Å². The second-order valence-electron chi connectivity index (χ2n) is 3.88. The molecule has 0 bridgehead atoms. The summed E-state index contributed by atoms with van der Waals surface area (Å²) in [7, 11) is 0. The van der Waals surface area contributed by atoms with Crippen molar-refractivity contribution in [1.82, 2.24) is 4.98 Å². The topological polar surface area (TPSA) is 93.3 Å². The van der Waals surface area contributed by atoms with Gasteiger partial charge in [-0.15, -0.1) is 0 Å². The predicted molar refractivity (Wildman–Crippen MR) is 58.7 cm³/mol. The fourth-order valence-electron chi connectivity index (χ4n) is 1.70. The summed E-state index contributed by atoms with van der Waals surface area (Å²) in [5.74, 6) is -1.24. The number of carbonyl (C=O) groups is 1. The van der Waals surface area contributed by atoms with Gasteiger partial charge in [0.2, 0.25) is 6.20 Å². The second kappa shape index (κ2) is 4.32. The van der Waals surface area contributed by atoms with E-state index in [4.69, 9.17) is 5.11 Å². The van der Waals surface area contributed by atoms with Crippen LogP contribution in [-0.4, -0.2) is 21.0 Å². The van der Waals surface area contributed by atoms with Gasteiger partial charge in [0.15, 0.2) is 0 Å². The number of carboxylic acids is 1. The highest BCUT2D eigenvalue weighted by atomic mass is 16.6. The molecule has 2 atom stereocenters. The summed E-state index contributed by atoms with van der Waals surface area (Å²) in [5, 5.41) is 19.0. The first-order valence-corrected chi connectivity index (χ1v) is 5.09. The second-order valence-corrected chi connectivity index (χ2v) is 3.88. The molecule has 0 spiro atoms. The first-order valence-electron chi connectivity index (χ1n) is 5.09. The summed E-state index contributed by atoms with van der Waals surface area (Å²) in [6.07, 6.45) is 2.69. The van der Waals surface area contributed by atoms with Crippen LogP contribution in [0.1, 0.15) is 23.7 Å². The number of pyridine rings is 1. The molecule has 1 aliphatic rings. The van der Waals surface area contributed by atoms with E-state index in [1.807, 2.05) is 0 Å². The van der Waals surface area contributed by atoms with E-state index in [0.29, 0.717) is 17.8 Å². The lowest BCUT2D eigenvalue weighted by molar-refractivity contribution is -0.401. The molecular weight excluding hydrogens is 224 g/mol. The highest BCUT2D eigenvalue weighted by Crippen LogP contribution is 2.46. The maximum Gasteiger partial charge on any atom is 0.307 e. The van der Waals surface area contributed by atoms with Crippen molar-refractivity contribution in [2.75, 3.05) is 0 Å². The zero-order valence-corrected chi connectivity index (χ0v) is 8.81. The molecule has 88 valence electrons. The third-order valence-corrected chi connectivity index (χ3v) is 2.65. The van der Waals surface area contributed by atoms with E-state index in [2.05, 4.69) is 4.98 Å². The van der Waals surface area contributed by atoms with Gasteiger partial charge < -0.3 is 5.11 Å². The summed E-state index contributed by atoms with van der Waals surface area (Å²) in [4.78, 5) is 24.5. The summed E-state index contributed by atoms with van der Waals surface area (Å²) in [5.41, 5.74) is 1.15. The highest BCUT2D eigenvalue weighted by Gasteiger charge is 2.45. The van der Waals surface area contributed by atoms with E-state index >= 15 is 0 Å². The molecule has 1 aromatic rings. The third-order valence-electron chi connectivity index (χ3n) is 2.65. The summed E-state index contributed by atoms with van der Waals surface area (Å²) >= 11 is 0.